The smallest absolute Gasteiger partial charge is 0.321 e. The van der Waals surface area contributed by atoms with Crippen molar-refractivity contribution in [2.24, 2.45) is 4.99 Å². The van der Waals surface area contributed by atoms with Crippen LogP contribution in [0.5, 0.6) is 0 Å². The van der Waals surface area contributed by atoms with Gasteiger partial charge in [-0.15, -0.1) is 0 Å². The molecule has 2 amide bonds. The molecule has 5 nitrogen and oxygen atoms in total. The highest BCUT2D eigenvalue weighted by Gasteiger charge is 2.09. The quantitative estimate of drug-likeness (QED) is 0.424. The molecule has 0 saturated heterocycles. The summed E-state index contributed by atoms with van der Waals surface area (Å²) in [6.07, 6.45) is 3.69. The molecule has 0 aromatic rings. The van der Waals surface area contributed by atoms with Gasteiger partial charge in [-0.05, 0) is 45.2 Å². The Hall–Kier alpha value is -0.820. The zero-order valence-corrected chi connectivity index (χ0v) is 13.9. The number of hydrogen-bond donors (Lipinski definition) is 3. The molecule has 0 aliphatic heterocycles. The second-order valence-electron chi connectivity index (χ2n) is 4.29. The minimum absolute atomic E-state index is 0.133. The number of urea groups is 1. The van der Waals surface area contributed by atoms with E-state index in [1.807, 2.05) is 27.0 Å². The molecule has 0 saturated carbocycles. The first kappa shape index (κ1) is 18.2. The largest absolute Gasteiger partial charge is 0.358 e. The number of amidine groups is 1. The Bertz CT molecular complexity index is 334. The van der Waals surface area contributed by atoms with Crippen LogP contribution in [0, 0.1) is 0 Å². The van der Waals surface area contributed by atoms with E-state index < -0.39 is 0 Å². The number of carbonyl (C=O) groups is 1. The summed E-state index contributed by atoms with van der Waals surface area (Å²) in [4.78, 5) is 15.8. The van der Waals surface area contributed by atoms with E-state index in [0.717, 1.165) is 12.8 Å². The van der Waals surface area contributed by atoms with Crippen molar-refractivity contribution in [3.63, 3.8) is 0 Å². The van der Waals surface area contributed by atoms with Gasteiger partial charge >= 0.3 is 6.03 Å². The Balaban J connectivity index is 4.40. The summed E-state index contributed by atoms with van der Waals surface area (Å²) in [6.45, 7) is 8.06. The van der Waals surface area contributed by atoms with Crippen molar-refractivity contribution in [2.45, 2.75) is 52.6 Å². The summed E-state index contributed by atoms with van der Waals surface area (Å²) < 4.78 is 0. The Morgan fingerprint density at radius 1 is 1.21 bits per heavy atom. The number of nitrogens with one attached hydrogen (secondary N) is 3. The molecule has 0 aliphatic carbocycles. The summed E-state index contributed by atoms with van der Waals surface area (Å²) in [5, 5.41) is 9.46. The average molecular weight is 304 g/mol. The van der Waals surface area contributed by atoms with Gasteiger partial charge < -0.3 is 10.6 Å². The molecule has 0 spiro atoms. The molecular weight excluding hydrogens is 280 g/mol. The normalized spacial score (nSPS) is 14.5. The molecule has 19 heavy (non-hydrogen) atoms. The van der Waals surface area contributed by atoms with Crippen molar-refractivity contribution >= 4 is 40.3 Å². The summed E-state index contributed by atoms with van der Waals surface area (Å²) in [7, 11) is 0. The molecule has 3 N–H and O–H groups in total. The Labute approximate surface area is 125 Å². The number of nitrogens with zero attached hydrogens (tertiary/aromatic N) is 1. The SMILES string of the molecule is CCC(C)NC(=O)NC(=NC(=S)NC(C)CC)SC. The highest BCUT2D eigenvalue weighted by molar-refractivity contribution is 8.13. The lowest BCUT2D eigenvalue weighted by molar-refractivity contribution is 0.242. The lowest BCUT2D eigenvalue weighted by Crippen LogP contribution is -2.43. The van der Waals surface area contributed by atoms with Gasteiger partial charge in [0.1, 0.15) is 0 Å². The molecule has 0 aromatic carbocycles. The van der Waals surface area contributed by atoms with E-state index >= 15 is 0 Å². The Morgan fingerprint density at radius 3 is 2.21 bits per heavy atom. The average Bonchev–Trinajstić information content (AvgIpc) is 2.37. The highest BCUT2D eigenvalue weighted by Crippen LogP contribution is 1.98. The van der Waals surface area contributed by atoms with Crippen LogP contribution in [0.2, 0.25) is 0 Å². The standard InChI is InChI=1S/C12H24N4OS2/c1-6-8(3)13-10(17)15-12(19-5)16-11(18)14-9(4)7-2/h8-9H,6-7H2,1-5H3,(H3,13,14,15,16,17,18). The fourth-order valence-corrected chi connectivity index (χ4v) is 1.75. The van der Waals surface area contributed by atoms with Crippen molar-refractivity contribution < 1.29 is 4.79 Å². The molecule has 7 heteroatoms. The van der Waals surface area contributed by atoms with Crippen molar-refractivity contribution in [2.75, 3.05) is 6.26 Å². The molecule has 0 fully saturated rings. The molecule has 2 atom stereocenters. The van der Waals surface area contributed by atoms with Crippen LogP contribution in [0.15, 0.2) is 4.99 Å². The van der Waals surface area contributed by atoms with Crippen LogP contribution in [-0.4, -0.2) is 34.7 Å². The van der Waals surface area contributed by atoms with Gasteiger partial charge in [-0.1, -0.05) is 25.6 Å². The highest BCUT2D eigenvalue weighted by atomic mass is 32.2. The zero-order valence-electron chi connectivity index (χ0n) is 12.2. The number of thioether (sulfide) groups is 1. The molecule has 0 heterocycles. The third kappa shape index (κ3) is 8.83. The minimum atomic E-state index is -0.256. The minimum Gasteiger partial charge on any atom is -0.358 e. The van der Waals surface area contributed by atoms with Crippen molar-refractivity contribution in [3.8, 4) is 0 Å². The van der Waals surface area contributed by atoms with Crippen LogP contribution in [0.3, 0.4) is 0 Å². The van der Waals surface area contributed by atoms with Crippen molar-refractivity contribution in [3.05, 3.63) is 0 Å². The lowest BCUT2D eigenvalue weighted by atomic mass is 10.3. The lowest BCUT2D eigenvalue weighted by Gasteiger charge is -2.14. The Kier molecular flexibility index (Phi) is 9.59. The fraction of sp³-hybridized carbons (Fsp3) is 0.750. The van der Waals surface area contributed by atoms with E-state index in [1.165, 1.54) is 11.8 Å². The van der Waals surface area contributed by atoms with E-state index in [0.29, 0.717) is 10.3 Å². The fourth-order valence-electron chi connectivity index (χ4n) is 1.02. The molecule has 0 aliphatic rings. The third-order valence-corrected chi connectivity index (χ3v) is 3.38. The van der Waals surface area contributed by atoms with E-state index in [9.17, 15) is 4.79 Å². The summed E-state index contributed by atoms with van der Waals surface area (Å²) in [5.74, 6) is 0. The van der Waals surface area contributed by atoms with E-state index in [-0.39, 0.29) is 18.1 Å². The van der Waals surface area contributed by atoms with Crippen LogP contribution >= 0.6 is 24.0 Å². The first-order valence-electron chi connectivity index (χ1n) is 6.43. The molecule has 2 unspecified atom stereocenters. The predicted molar refractivity (Wildman–Crippen MR) is 87.9 cm³/mol. The second kappa shape index (κ2) is 10.0. The molecule has 110 valence electrons. The topological polar surface area (TPSA) is 65.5 Å². The van der Waals surface area contributed by atoms with Crippen molar-refractivity contribution in [1.29, 1.82) is 0 Å². The van der Waals surface area contributed by atoms with Gasteiger partial charge in [-0.2, -0.15) is 4.99 Å². The number of thiocarbonyl (C=S) groups is 1. The van der Waals surface area contributed by atoms with Gasteiger partial charge in [0.15, 0.2) is 10.3 Å². The maximum Gasteiger partial charge on any atom is 0.321 e. The summed E-state index contributed by atoms with van der Waals surface area (Å²) in [5.41, 5.74) is 0. The number of amides is 2. The number of carbonyl (C=O) groups excluding carboxylic acids is 1. The monoisotopic (exact) mass is 304 g/mol. The number of aliphatic imine (C=N–C) groups is 1. The van der Waals surface area contributed by atoms with Gasteiger partial charge in [0.05, 0.1) is 0 Å². The van der Waals surface area contributed by atoms with Crippen LogP contribution in [0.1, 0.15) is 40.5 Å². The predicted octanol–water partition coefficient (Wildman–Crippen LogP) is 2.48. The first-order valence-corrected chi connectivity index (χ1v) is 8.06. The van der Waals surface area contributed by atoms with Crippen LogP contribution in [-0.2, 0) is 0 Å². The van der Waals surface area contributed by atoms with Gasteiger partial charge in [-0.25, -0.2) is 4.79 Å². The molecule has 0 radical (unpaired) electrons. The summed E-state index contributed by atoms with van der Waals surface area (Å²) in [6, 6.07) is 0.149. The molecule has 0 rings (SSSR count). The van der Waals surface area contributed by atoms with Gasteiger partial charge in [-0.3, -0.25) is 5.32 Å². The van der Waals surface area contributed by atoms with Crippen LogP contribution in [0.4, 0.5) is 4.79 Å². The maximum absolute atomic E-state index is 11.7. The third-order valence-electron chi connectivity index (χ3n) is 2.59. The molecule has 0 aromatic heterocycles. The van der Waals surface area contributed by atoms with Crippen molar-refractivity contribution in [1.82, 2.24) is 16.0 Å². The zero-order chi connectivity index (χ0) is 14.8. The molecule has 0 bridgehead atoms. The number of hydrogen-bond acceptors (Lipinski definition) is 3. The Morgan fingerprint density at radius 2 is 1.74 bits per heavy atom. The van der Waals surface area contributed by atoms with Crippen LogP contribution in [0.25, 0.3) is 0 Å². The molecular formula is C12H24N4OS2. The van der Waals surface area contributed by atoms with E-state index in [4.69, 9.17) is 12.2 Å². The van der Waals surface area contributed by atoms with Gasteiger partial charge in [0, 0.05) is 12.1 Å². The number of rotatable bonds is 4. The first-order chi connectivity index (χ1) is 8.92. The van der Waals surface area contributed by atoms with E-state index in [1.54, 1.807) is 0 Å². The van der Waals surface area contributed by atoms with Crippen LogP contribution < -0.4 is 16.0 Å². The van der Waals surface area contributed by atoms with Gasteiger partial charge in [0.25, 0.3) is 0 Å². The van der Waals surface area contributed by atoms with Gasteiger partial charge in [0.2, 0.25) is 0 Å². The maximum atomic E-state index is 11.7. The van der Waals surface area contributed by atoms with E-state index in [2.05, 4.69) is 27.9 Å². The summed E-state index contributed by atoms with van der Waals surface area (Å²) >= 11 is 6.47. The second-order valence-corrected chi connectivity index (χ2v) is 5.47.